The Bertz CT molecular complexity index is 616. The number of nitrogen functional groups attached to an aromatic ring is 1. The molecule has 0 fully saturated rings. The zero-order chi connectivity index (χ0) is 13.8. The first-order chi connectivity index (χ1) is 9.06. The van der Waals surface area contributed by atoms with Gasteiger partial charge in [0.15, 0.2) is 0 Å². The highest BCUT2D eigenvalue weighted by Gasteiger charge is 2.07. The summed E-state index contributed by atoms with van der Waals surface area (Å²) < 4.78 is 0.765. The Labute approximate surface area is 124 Å². The van der Waals surface area contributed by atoms with E-state index in [1.807, 2.05) is 18.2 Å². The first-order valence-corrected chi connectivity index (χ1v) is 6.81. The summed E-state index contributed by atoms with van der Waals surface area (Å²) in [5.74, 6) is -0.170. The van der Waals surface area contributed by atoms with Crippen LogP contribution in [0.5, 0.6) is 0 Å². The van der Waals surface area contributed by atoms with Gasteiger partial charge in [-0.1, -0.05) is 23.7 Å². The van der Waals surface area contributed by atoms with Gasteiger partial charge < -0.3 is 11.1 Å². The molecule has 0 aliphatic heterocycles. The second-order valence-corrected chi connectivity index (χ2v) is 5.32. The Morgan fingerprint density at radius 3 is 2.74 bits per heavy atom. The third-order valence-electron chi connectivity index (χ3n) is 2.59. The fourth-order valence-corrected chi connectivity index (χ4v) is 2.05. The third-order valence-corrected chi connectivity index (χ3v) is 3.82. The van der Waals surface area contributed by atoms with Gasteiger partial charge in [0.1, 0.15) is 0 Å². The molecule has 0 saturated carbocycles. The zero-order valence-electron chi connectivity index (χ0n) is 9.99. The Morgan fingerprint density at radius 2 is 2.05 bits per heavy atom. The molecule has 3 N–H and O–H groups in total. The predicted molar refractivity (Wildman–Crippen MR) is 81.2 cm³/mol. The third kappa shape index (κ3) is 3.72. The number of halogens is 2. The average Bonchev–Trinajstić information content (AvgIpc) is 2.39. The van der Waals surface area contributed by atoms with E-state index < -0.39 is 0 Å². The fraction of sp³-hybridized carbons (Fsp3) is 0.0714. The monoisotopic (exact) mass is 338 g/mol. The summed E-state index contributed by atoms with van der Waals surface area (Å²) >= 11 is 9.24. The first kappa shape index (κ1) is 13.9. The minimum atomic E-state index is -0.170. The molecule has 1 amide bonds. The van der Waals surface area contributed by atoms with E-state index in [4.69, 9.17) is 17.3 Å². The van der Waals surface area contributed by atoms with E-state index in [-0.39, 0.29) is 5.91 Å². The van der Waals surface area contributed by atoms with Crippen LogP contribution < -0.4 is 11.1 Å². The number of carbonyl (C=O) groups excluding carboxylic acids is 1. The molecule has 0 aromatic heterocycles. The smallest absolute Gasteiger partial charge is 0.251 e. The molecule has 0 bridgehead atoms. The van der Waals surface area contributed by atoms with E-state index in [2.05, 4.69) is 21.2 Å². The summed E-state index contributed by atoms with van der Waals surface area (Å²) in [6.07, 6.45) is 0. The van der Waals surface area contributed by atoms with Crippen LogP contribution in [0.3, 0.4) is 0 Å². The maximum Gasteiger partial charge on any atom is 0.251 e. The van der Waals surface area contributed by atoms with Gasteiger partial charge in [-0.25, -0.2) is 0 Å². The standard InChI is InChI=1S/C14H12BrClN2O/c15-12-5-4-10(7-13(12)16)14(19)18-8-9-2-1-3-11(17)6-9/h1-7H,8,17H2,(H,18,19). The summed E-state index contributed by atoms with van der Waals surface area (Å²) in [6, 6.07) is 12.5. The molecule has 2 aromatic rings. The largest absolute Gasteiger partial charge is 0.399 e. The van der Waals surface area contributed by atoms with Gasteiger partial charge >= 0.3 is 0 Å². The lowest BCUT2D eigenvalue weighted by molar-refractivity contribution is 0.0951. The van der Waals surface area contributed by atoms with Crippen LogP contribution in [0.15, 0.2) is 46.9 Å². The number of nitrogens with two attached hydrogens (primary N) is 1. The normalized spacial score (nSPS) is 10.2. The molecule has 0 aliphatic rings. The highest BCUT2D eigenvalue weighted by Crippen LogP contribution is 2.23. The highest BCUT2D eigenvalue weighted by molar-refractivity contribution is 9.10. The topological polar surface area (TPSA) is 55.1 Å². The molecule has 0 heterocycles. The van der Waals surface area contributed by atoms with Crippen LogP contribution in [0.25, 0.3) is 0 Å². The van der Waals surface area contributed by atoms with Gasteiger partial charge in [0.05, 0.1) is 5.02 Å². The maximum atomic E-state index is 12.0. The van der Waals surface area contributed by atoms with Crippen molar-refractivity contribution in [3.8, 4) is 0 Å². The number of hydrogen-bond donors (Lipinski definition) is 2. The van der Waals surface area contributed by atoms with Gasteiger partial charge in [-0.05, 0) is 51.8 Å². The number of hydrogen-bond acceptors (Lipinski definition) is 2. The molecule has 3 nitrogen and oxygen atoms in total. The van der Waals surface area contributed by atoms with Crippen molar-refractivity contribution < 1.29 is 4.79 Å². The van der Waals surface area contributed by atoms with E-state index in [1.54, 1.807) is 24.3 Å². The number of amides is 1. The van der Waals surface area contributed by atoms with Gasteiger partial charge in [-0.2, -0.15) is 0 Å². The van der Waals surface area contributed by atoms with Crippen LogP contribution >= 0.6 is 27.5 Å². The maximum absolute atomic E-state index is 12.0. The molecule has 2 aromatic carbocycles. The van der Waals surface area contributed by atoms with Gasteiger partial charge in [-0.15, -0.1) is 0 Å². The minimum Gasteiger partial charge on any atom is -0.399 e. The van der Waals surface area contributed by atoms with Crippen molar-refractivity contribution in [2.45, 2.75) is 6.54 Å². The van der Waals surface area contributed by atoms with E-state index in [0.717, 1.165) is 10.0 Å². The van der Waals surface area contributed by atoms with Crippen LogP contribution in [-0.2, 0) is 6.54 Å². The lowest BCUT2D eigenvalue weighted by Gasteiger charge is -2.07. The average molecular weight is 340 g/mol. The SMILES string of the molecule is Nc1cccc(CNC(=O)c2ccc(Br)c(Cl)c2)c1. The molecule has 0 aliphatic carbocycles. The Hall–Kier alpha value is -1.52. The Morgan fingerprint density at radius 1 is 1.26 bits per heavy atom. The molecule has 0 radical (unpaired) electrons. The van der Waals surface area contributed by atoms with Crippen molar-refractivity contribution in [3.63, 3.8) is 0 Å². The number of rotatable bonds is 3. The fourth-order valence-electron chi connectivity index (χ4n) is 1.62. The van der Waals surface area contributed by atoms with Crippen molar-refractivity contribution in [2.24, 2.45) is 0 Å². The number of nitrogens with one attached hydrogen (secondary N) is 1. The Kier molecular flexibility index (Phi) is 4.45. The molecule has 5 heteroatoms. The van der Waals surface area contributed by atoms with Crippen LogP contribution in [0, 0.1) is 0 Å². The summed E-state index contributed by atoms with van der Waals surface area (Å²) in [6.45, 7) is 0.428. The Balaban J connectivity index is 2.03. The second-order valence-electron chi connectivity index (χ2n) is 4.06. The summed E-state index contributed by atoms with van der Waals surface area (Å²) in [5, 5.41) is 3.33. The number of anilines is 1. The molecule has 0 unspecified atom stereocenters. The van der Waals surface area contributed by atoms with Gasteiger partial charge in [0.2, 0.25) is 0 Å². The van der Waals surface area contributed by atoms with Crippen LogP contribution in [0.2, 0.25) is 5.02 Å². The van der Waals surface area contributed by atoms with E-state index in [9.17, 15) is 4.79 Å². The van der Waals surface area contributed by atoms with Crippen LogP contribution in [0.4, 0.5) is 5.69 Å². The van der Waals surface area contributed by atoms with Crippen molar-refractivity contribution in [2.75, 3.05) is 5.73 Å². The molecule has 0 atom stereocenters. The van der Waals surface area contributed by atoms with E-state index in [1.165, 1.54) is 0 Å². The summed E-state index contributed by atoms with van der Waals surface area (Å²) in [7, 11) is 0. The number of carbonyl (C=O) groups is 1. The van der Waals surface area contributed by atoms with E-state index in [0.29, 0.717) is 22.8 Å². The second kappa shape index (κ2) is 6.08. The van der Waals surface area contributed by atoms with Gasteiger partial charge in [-0.3, -0.25) is 4.79 Å². The van der Waals surface area contributed by atoms with Crippen molar-refractivity contribution in [1.29, 1.82) is 0 Å². The van der Waals surface area contributed by atoms with Gasteiger partial charge in [0.25, 0.3) is 5.91 Å². The molecular weight excluding hydrogens is 328 g/mol. The molecular formula is C14H12BrClN2O. The molecule has 2 rings (SSSR count). The predicted octanol–water partition coefficient (Wildman–Crippen LogP) is 3.61. The molecule has 0 saturated heterocycles. The van der Waals surface area contributed by atoms with Crippen LogP contribution in [0.1, 0.15) is 15.9 Å². The zero-order valence-corrected chi connectivity index (χ0v) is 12.3. The highest BCUT2D eigenvalue weighted by atomic mass is 79.9. The quantitative estimate of drug-likeness (QED) is 0.839. The van der Waals surface area contributed by atoms with Gasteiger partial charge in [0, 0.05) is 22.3 Å². The lowest BCUT2D eigenvalue weighted by atomic mass is 10.2. The van der Waals surface area contributed by atoms with Crippen molar-refractivity contribution in [3.05, 3.63) is 63.1 Å². The van der Waals surface area contributed by atoms with Crippen LogP contribution in [-0.4, -0.2) is 5.91 Å². The molecule has 98 valence electrons. The summed E-state index contributed by atoms with van der Waals surface area (Å²) in [5.41, 5.74) is 7.84. The lowest BCUT2D eigenvalue weighted by Crippen LogP contribution is -2.22. The molecule has 19 heavy (non-hydrogen) atoms. The number of benzene rings is 2. The van der Waals surface area contributed by atoms with Crippen molar-refractivity contribution >= 4 is 39.1 Å². The van der Waals surface area contributed by atoms with Crippen molar-refractivity contribution in [1.82, 2.24) is 5.32 Å². The summed E-state index contributed by atoms with van der Waals surface area (Å²) in [4.78, 5) is 12.0. The first-order valence-electron chi connectivity index (χ1n) is 5.64. The van der Waals surface area contributed by atoms with E-state index >= 15 is 0 Å². The molecule has 0 spiro atoms. The minimum absolute atomic E-state index is 0.170.